The predicted octanol–water partition coefficient (Wildman–Crippen LogP) is 2.13. The molecule has 1 rings (SSSR count). The number of amides is 3. The molecule has 0 aromatic heterocycles. The molecule has 22 heavy (non-hydrogen) atoms. The highest BCUT2D eigenvalue weighted by molar-refractivity contribution is 6.30. The third-order valence-electron chi connectivity index (χ3n) is 2.50. The number of halogens is 1. The molecule has 0 radical (unpaired) electrons. The minimum absolute atomic E-state index is 0.385. The third kappa shape index (κ3) is 6.41. The van der Waals surface area contributed by atoms with Crippen molar-refractivity contribution >= 4 is 35.6 Å². The van der Waals surface area contributed by atoms with Crippen LogP contribution in [0, 0.1) is 0 Å². The van der Waals surface area contributed by atoms with Gasteiger partial charge >= 0.3 is 12.0 Å². The number of rotatable bonds is 5. The van der Waals surface area contributed by atoms with Crippen molar-refractivity contribution in [2.45, 2.75) is 20.0 Å². The Morgan fingerprint density at radius 2 is 2.09 bits per heavy atom. The molecule has 1 atom stereocenters. The maximum atomic E-state index is 11.6. The maximum Gasteiger partial charge on any atom is 0.331 e. The van der Waals surface area contributed by atoms with Gasteiger partial charge in [0.25, 0.3) is 5.91 Å². The summed E-state index contributed by atoms with van der Waals surface area (Å²) in [6.45, 7) is 3.48. The monoisotopic (exact) mass is 324 g/mol. The summed E-state index contributed by atoms with van der Waals surface area (Å²) in [6, 6.07) is 6.27. The van der Waals surface area contributed by atoms with Crippen molar-refractivity contribution in [3.05, 3.63) is 40.9 Å². The molecular weight excluding hydrogens is 308 g/mol. The highest BCUT2D eigenvalue weighted by Gasteiger charge is 2.18. The van der Waals surface area contributed by atoms with Crippen LogP contribution < -0.4 is 10.6 Å². The number of nitrogens with one attached hydrogen (secondary N) is 2. The largest absolute Gasteiger partial charge is 0.449 e. The molecule has 0 aliphatic carbocycles. The molecule has 0 fully saturated rings. The first-order chi connectivity index (χ1) is 10.4. The molecule has 0 aliphatic rings. The summed E-state index contributed by atoms with van der Waals surface area (Å²) in [7, 11) is 0. The maximum absolute atomic E-state index is 11.6. The molecule has 0 saturated heterocycles. The summed E-state index contributed by atoms with van der Waals surface area (Å²) in [5.41, 5.74) is 0.726. The van der Waals surface area contributed by atoms with E-state index in [4.69, 9.17) is 16.3 Å². The fourth-order valence-corrected chi connectivity index (χ4v) is 1.66. The summed E-state index contributed by atoms with van der Waals surface area (Å²) < 4.78 is 4.89. The zero-order valence-electron chi connectivity index (χ0n) is 12.3. The molecule has 7 heteroatoms. The van der Waals surface area contributed by atoms with Gasteiger partial charge in [-0.1, -0.05) is 23.7 Å². The van der Waals surface area contributed by atoms with E-state index < -0.39 is 24.0 Å². The molecule has 0 unspecified atom stereocenters. The Morgan fingerprint density at radius 1 is 1.36 bits per heavy atom. The summed E-state index contributed by atoms with van der Waals surface area (Å²) in [4.78, 5) is 34.4. The first-order valence-corrected chi connectivity index (χ1v) is 7.03. The van der Waals surface area contributed by atoms with Crippen molar-refractivity contribution in [2.75, 3.05) is 6.54 Å². The Kier molecular flexibility index (Phi) is 7.12. The molecular formula is C15H17ClN2O4. The molecule has 3 amide bonds. The average molecular weight is 325 g/mol. The van der Waals surface area contributed by atoms with E-state index in [1.807, 2.05) is 0 Å². The van der Waals surface area contributed by atoms with E-state index in [1.165, 1.54) is 19.1 Å². The van der Waals surface area contributed by atoms with Gasteiger partial charge in [0, 0.05) is 17.6 Å². The van der Waals surface area contributed by atoms with E-state index in [1.54, 1.807) is 31.2 Å². The van der Waals surface area contributed by atoms with Crippen LogP contribution in [-0.2, 0) is 14.3 Å². The quantitative estimate of drug-likeness (QED) is 0.642. The van der Waals surface area contributed by atoms with Gasteiger partial charge in [0.2, 0.25) is 0 Å². The van der Waals surface area contributed by atoms with Crippen LogP contribution in [-0.4, -0.2) is 30.6 Å². The second-order valence-electron chi connectivity index (χ2n) is 4.32. The van der Waals surface area contributed by atoms with Crippen molar-refractivity contribution in [3.63, 3.8) is 0 Å². The van der Waals surface area contributed by atoms with Crippen molar-refractivity contribution < 1.29 is 19.1 Å². The van der Waals surface area contributed by atoms with Crippen LogP contribution in [0.4, 0.5) is 4.79 Å². The van der Waals surface area contributed by atoms with Gasteiger partial charge in [0.15, 0.2) is 6.10 Å². The Labute approximate surface area is 133 Å². The van der Waals surface area contributed by atoms with Gasteiger partial charge in [-0.3, -0.25) is 10.1 Å². The van der Waals surface area contributed by atoms with Gasteiger partial charge < -0.3 is 10.1 Å². The lowest BCUT2D eigenvalue weighted by Gasteiger charge is -2.11. The van der Waals surface area contributed by atoms with Gasteiger partial charge in [-0.15, -0.1) is 0 Å². The number of esters is 1. The van der Waals surface area contributed by atoms with Gasteiger partial charge in [0.05, 0.1) is 0 Å². The Morgan fingerprint density at radius 3 is 2.73 bits per heavy atom. The summed E-state index contributed by atoms with van der Waals surface area (Å²) in [6.07, 6.45) is 1.61. The standard InChI is InChI=1S/C15H17ClN2O4/c1-3-17-15(21)18-14(20)10(2)22-13(19)8-7-11-5-4-6-12(16)9-11/h4-10H,3H2,1-2H3,(H2,17,18,20,21)/b8-7+/t10-/m0/s1. The van der Waals surface area contributed by atoms with E-state index in [9.17, 15) is 14.4 Å². The first kappa shape index (κ1) is 17.7. The van der Waals surface area contributed by atoms with Crippen LogP contribution in [0.2, 0.25) is 5.02 Å². The molecule has 0 bridgehead atoms. The van der Waals surface area contributed by atoms with Crippen LogP contribution in [0.25, 0.3) is 6.08 Å². The van der Waals surface area contributed by atoms with Gasteiger partial charge in [0.1, 0.15) is 0 Å². The summed E-state index contributed by atoms with van der Waals surface area (Å²) in [5, 5.41) is 5.00. The molecule has 118 valence electrons. The fraction of sp³-hybridized carbons (Fsp3) is 0.267. The highest BCUT2D eigenvalue weighted by atomic mass is 35.5. The molecule has 0 aliphatic heterocycles. The van der Waals surface area contributed by atoms with Crippen molar-refractivity contribution in [2.24, 2.45) is 0 Å². The number of benzene rings is 1. The lowest BCUT2D eigenvalue weighted by molar-refractivity contribution is -0.149. The SMILES string of the molecule is CCNC(=O)NC(=O)[C@H](C)OC(=O)/C=C/c1cccc(Cl)c1. The number of ether oxygens (including phenoxy) is 1. The van der Waals surface area contributed by atoms with E-state index in [0.717, 1.165) is 5.56 Å². The van der Waals surface area contributed by atoms with Crippen LogP contribution in [0.5, 0.6) is 0 Å². The molecule has 2 N–H and O–H groups in total. The van der Waals surface area contributed by atoms with Gasteiger partial charge in [-0.25, -0.2) is 9.59 Å². The van der Waals surface area contributed by atoms with E-state index in [2.05, 4.69) is 10.6 Å². The number of hydrogen-bond donors (Lipinski definition) is 2. The number of imide groups is 1. The zero-order valence-corrected chi connectivity index (χ0v) is 13.0. The van der Waals surface area contributed by atoms with Crippen molar-refractivity contribution in [1.82, 2.24) is 10.6 Å². The molecule has 1 aromatic carbocycles. The first-order valence-electron chi connectivity index (χ1n) is 6.65. The van der Waals surface area contributed by atoms with Crippen LogP contribution in [0.15, 0.2) is 30.3 Å². The number of carbonyl (C=O) groups is 3. The second kappa shape index (κ2) is 8.84. The molecule has 6 nitrogen and oxygen atoms in total. The third-order valence-corrected chi connectivity index (χ3v) is 2.73. The van der Waals surface area contributed by atoms with Crippen LogP contribution >= 0.6 is 11.6 Å². The molecule has 0 saturated carbocycles. The Balaban J connectivity index is 2.50. The Hall–Kier alpha value is -2.34. The topological polar surface area (TPSA) is 84.5 Å². The van der Waals surface area contributed by atoms with Crippen LogP contribution in [0.1, 0.15) is 19.4 Å². The lowest BCUT2D eigenvalue weighted by atomic mass is 10.2. The Bertz CT molecular complexity index is 587. The van der Waals surface area contributed by atoms with E-state index >= 15 is 0 Å². The number of urea groups is 1. The van der Waals surface area contributed by atoms with Crippen molar-refractivity contribution in [3.8, 4) is 0 Å². The number of carbonyl (C=O) groups excluding carboxylic acids is 3. The minimum atomic E-state index is -1.08. The van der Waals surface area contributed by atoms with Crippen LogP contribution in [0.3, 0.4) is 0 Å². The normalized spacial score (nSPS) is 11.8. The second-order valence-corrected chi connectivity index (χ2v) is 4.75. The fourth-order valence-electron chi connectivity index (χ4n) is 1.46. The zero-order chi connectivity index (χ0) is 16.5. The molecule has 0 heterocycles. The van der Waals surface area contributed by atoms with Gasteiger partial charge in [-0.05, 0) is 37.6 Å². The van der Waals surface area contributed by atoms with E-state index in [-0.39, 0.29) is 0 Å². The highest BCUT2D eigenvalue weighted by Crippen LogP contribution is 2.11. The smallest absolute Gasteiger partial charge is 0.331 e. The summed E-state index contributed by atoms with van der Waals surface area (Å²) >= 11 is 5.82. The molecule has 0 spiro atoms. The lowest BCUT2D eigenvalue weighted by Crippen LogP contribution is -2.44. The summed E-state index contributed by atoms with van der Waals surface area (Å²) in [5.74, 6) is -1.39. The minimum Gasteiger partial charge on any atom is -0.449 e. The predicted molar refractivity (Wildman–Crippen MR) is 83.3 cm³/mol. The average Bonchev–Trinajstić information content (AvgIpc) is 2.45. The van der Waals surface area contributed by atoms with Crippen molar-refractivity contribution in [1.29, 1.82) is 0 Å². The number of hydrogen-bond acceptors (Lipinski definition) is 4. The van der Waals surface area contributed by atoms with Gasteiger partial charge in [-0.2, -0.15) is 0 Å². The molecule has 1 aromatic rings. The van der Waals surface area contributed by atoms with E-state index in [0.29, 0.717) is 11.6 Å².